The van der Waals surface area contributed by atoms with Crippen LogP contribution in [-0.4, -0.2) is 113 Å². The fourth-order valence-electron chi connectivity index (χ4n) is 13.2. The number of hydrogen-bond donors (Lipinski definition) is 4. The summed E-state index contributed by atoms with van der Waals surface area (Å²) in [4.78, 5) is 44.4. The molecule has 3 aromatic heterocycles. The molecule has 2 atom stereocenters. The van der Waals surface area contributed by atoms with E-state index in [2.05, 4.69) is 103 Å². The van der Waals surface area contributed by atoms with Gasteiger partial charge in [0.15, 0.2) is 5.75 Å². The highest BCUT2D eigenvalue weighted by Gasteiger charge is 2.51. The molecule has 18 nitrogen and oxygen atoms in total. The van der Waals surface area contributed by atoms with Crippen LogP contribution in [0, 0.1) is 27.3 Å². The van der Waals surface area contributed by atoms with Crippen LogP contribution >= 0.6 is 0 Å². The maximum atomic E-state index is 15.1. The first kappa shape index (κ1) is 57.0. The number of piperazine rings is 1. The summed E-state index contributed by atoms with van der Waals surface area (Å²) in [7, 11) is -2.97. The van der Waals surface area contributed by atoms with Gasteiger partial charge < -0.3 is 34.5 Å². The third kappa shape index (κ3) is 12.0. The number of carbonyl (C=O) groups is 1. The molecule has 3 saturated carbocycles. The van der Waals surface area contributed by atoms with E-state index in [1.165, 1.54) is 53.4 Å². The van der Waals surface area contributed by atoms with Crippen molar-refractivity contribution in [2.45, 2.75) is 146 Å². The smallest absolute Gasteiger partial charge is 0.312 e. The molecular formula is C62H76FN9O9S. The van der Waals surface area contributed by atoms with Crippen LogP contribution in [0.5, 0.6) is 23.1 Å². The SMILES string of the molecule is CCOc1nc2[nH]cc(F)c2cc1Oc1cc(N2CCC3(CC2)CC(N2C[C@@H](C)N(Cc4ccc(C5CC5)c(OC)c4)C[C@H]2c2ccccc2C(C)C)C3)ccc1C(=O)NS(=O)(=O)c1cnc(NCC2CCC(C)(O)CC2)c([N+](=O)[O-])c1. The highest BCUT2D eigenvalue weighted by Crippen LogP contribution is 2.54. The van der Waals surface area contributed by atoms with Gasteiger partial charge in [-0.3, -0.25) is 24.7 Å². The minimum atomic E-state index is -4.75. The van der Waals surface area contributed by atoms with Crippen molar-refractivity contribution in [3.63, 3.8) is 0 Å². The van der Waals surface area contributed by atoms with Gasteiger partial charge in [0, 0.05) is 87.5 Å². The molecule has 0 bridgehead atoms. The summed E-state index contributed by atoms with van der Waals surface area (Å²) < 4.78 is 63.3. The van der Waals surface area contributed by atoms with Crippen LogP contribution in [0.1, 0.15) is 149 Å². The molecule has 2 aliphatic heterocycles. The molecule has 6 aromatic rings. The van der Waals surface area contributed by atoms with Gasteiger partial charge in [0.2, 0.25) is 5.82 Å². The Balaban J connectivity index is 0.811. The number of halogens is 1. The number of nitro groups is 1. The van der Waals surface area contributed by atoms with Crippen LogP contribution in [0.15, 0.2) is 90.1 Å². The molecule has 3 aromatic carbocycles. The highest BCUT2D eigenvalue weighted by atomic mass is 32.2. The summed E-state index contributed by atoms with van der Waals surface area (Å²) in [5, 5.41) is 25.8. The van der Waals surface area contributed by atoms with Gasteiger partial charge in [-0.25, -0.2) is 22.5 Å². The number of piperidine rings is 1. The fraction of sp³-hybridized carbons (Fsp3) is 0.500. The van der Waals surface area contributed by atoms with Gasteiger partial charge in [0.1, 0.15) is 27.9 Å². The number of carbonyl (C=O) groups excluding carboxylic acids is 1. The van der Waals surface area contributed by atoms with Crippen molar-refractivity contribution >= 4 is 44.2 Å². The number of aliphatic hydroxyl groups is 1. The monoisotopic (exact) mass is 1140 g/mol. The number of anilines is 2. The Labute approximate surface area is 479 Å². The minimum absolute atomic E-state index is 0.00577. The zero-order chi connectivity index (χ0) is 57.7. The number of pyridine rings is 2. The zero-order valence-electron chi connectivity index (χ0n) is 47.8. The molecule has 4 N–H and O–H groups in total. The van der Waals surface area contributed by atoms with E-state index in [1.807, 2.05) is 0 Å². The number of hydrogen-bond acceptors (Lipinski definition) is 15. The maximum absolute atomic E-state index is 15.1. The predicted octanol–water partition coefficient (Wildman–Crippen LogP) is 11.4. The van der Waals surface area contributed by atoms with Crippen molar-refractivity contribution in [1.29, 1.82) is 0 Å². The van der Waals surface area contributed by atoms with Gasteiger partial charge in [0.25, 0.3) is 21.8 Å². The molecule has 5 heterocycles. The number of aromatic nitrogens is 3. The molecule has 0 unspecified atom stereocenters. The Hall–Kier alpha value is -6.87. The molecule has 5 fully saturated rings. The van der Waals surface area contributed by atoms with E-state index in [4.69, 9.17) is 14.2 Å². The number of amides is 1. The predicted molar refractivity (Wildman–Crippen MR) is 312 cm³/mol. The average Bonchev–Trinajstić information content (AvgIpc) is 3.80. The standard InChI is InChI=1S/C62H76FN9O9S/c1-7-80-60-56(29-50-51(63)34-66-57(50)67-60)81-55-27-43(15-17-49(55)59(73)68-82(77,78)45-28-52(72(75)76)58(65-33-45)64-32-40-18-20-61(5,74)21-19-40)69-24-22-62(23-25-69)30-44(31-62)71-35-39(4)70(37-53(71)48-11-9-8-10-46(48)38(2)3)36-41-12-16-47(42-13-14-42)54(26-41)79-6/h8-12,15-17,26-29,33-34,38-40,42,44,53,74H,7,13-14,18-25,30-32,35-37H2,1-6H3,(H,64,65)(H,66,67)(H,68,73)/t39-,40?,53+,61?/m1/s1. The number of nitrogens with zero attached hydrogens (tertiary/aromatic N) is 6. The molecule has 1 spiro atoms. The summed E-state index contributed by atoms with van der Waals surface area (Å²) in [5.41, 5.74) is 5.00. The second-order valence-corrected chi connectivity index (χ2v) is 25.9. The molecule has 1 amide bonds. The lowest BCUT2D eigenvalue weighted by Crippen LogP contribution is -2.61. The Kier molecular flexibility index (Phi) is 16.0. The Morgan fingerprint density at radius 2 is 1.72 bits per heavy atom. The van der Waals surface area contributed by atoms with E-state index < -0.39 is 42.9 Å². The van der Waals surface area contributed by atoms with Gasteiger partial charge in [-0.15, -0.1) is 0 Å². The molecule has 11 rings (SSSR count). The molecule has 2 saturated heterocycles. The molecule has 82 heavy (non-hydrogen) atoms. The van der Waals surface area contributed by atoms with Gasteiger partial charge in [-0.05, 0) is 149 Å². The lowest BCUT2D eigenvalue weighted by molar-refractivity contribution is -0.384. The van der Waals surface area contributed by atoms with Gasteiger partial charge >= 0.3 is 5.69 Å². The fourth-order valence-corrected chi connectivity index (χ4v) is 14.1. The number of rotatable bonds is 19. The van der Waals surface area contributed by atoms with E-state index in [0.717, 1.165) is 82.1 Å². The van der Waals surface area contributed by atoms with Gasteiger partial charge in [-0.2, -0.15) is 4.98 Å². The van der Waals surface area contributed by atoms with Crippen LogP contribution in [-0.2, 0) is 16.6 Å². The van der Waals surface area contributed by atoms with Crippen molar-refractivity contribution in [2.24, 2.45) is 11.3 Å². The largest absolute Gasteiger partial charge is 0.496 e. The molecule has 5 aliphatic rings. The number of nitrogens with one attached hydrogen (secondary N) is 3. The van der Waals surface area contributed by atoms with Crippen LogP contribution in [0.3, 0.4) is 0 Å². The Morgan fingerprint density at radius 1 is 0.963 bits per heavy atom. The third-order valence-electron chi connectivity index (χ3n) is 18.2. The number of ether oxygens (including phenoxy) is 3. The minimum Gasteiger partial charge on any atom is -0.496 e. The second-order valence-electron chi connectivity index (χ2n) is 24.3. The summed E-state index contributed by atoms with van der Waals surface area (Å²) >= 11 is 0. The molecule has 20 heteroatoms. The van der Waals surface area contributed by atoms with E-state index in [0.29, 0.717) is 56.1 Å². The number of sulfonamides is 1. The van der Waals surface area contributed by atoms with Crippen LogP contribution in [0.2, 0.25) is 0 Å². The lowest BCUT2D eigenvalue weighted by Gasteiger charge is -2.59. The van der Waals surface area contributed by atoms with Crippen molar-refractivity contribution in [3.05, 3.63) is 129 Å². The topological polar surface area (TPSA) is 218 Å². The number of methoxy groups -OCH3 is 1. The normalized spacial score (nSPS) is 22.5. The Morgan fingerprint density at radius 3 is 2.43 bits per heavy atom. The van der Waals surface area contributed by atoms with E-state index in [1.54, 1.807) is 33.1 Å². The van der Waals surface area contributed by atoms with E-state index >= 15 is 4.39 Å². The first-order valence-corrected chi connectivity index (χ1v) is 30.6. The third-order valence-corrected chi connectivity index (χ3v) is 19.5. The van der Waals surface area contributed by atoms with E-state index in [9.17, 15) is 28.4 Å². The number of benzene rings is 3. The molecule has 3 aliphatic carbocycles. The quantitative estimate of drug-likeness (QED) is 0.0438. The van der Waals surface area contributed by atoms with Crippen molar-refractivity contribution in [1.82, 2.24) is 29.5 Å². The van der Waals surface area contributed by atoms with Crippen LogP contribution in [0.25, 0.3) is 11.0 Å². The van der Waals surface area contributed by atoms with Crippen molar-refractivity contribution in [2.75, 3.05) is 56.7 Å². The van der Waals surface area contributed by atoms with Crippen LogP contribution < -0.4 is 29.1 Å². The van der Waals surface area contributed by atoms with Crippen molar-refractivity contribution < 1.29 is 41.8 Å². The highest BCUT2D eigenvalue weighted by molar-refractivity contribution is 7.90. The average molecular weight is 1140 g/mol. The van der Waals surface area contributed by atoms with E-state index in [-0.39, 0.29) is 63.8 Å². The van der Waals surface area contributed by atoms with Gasteiger partial charge in [0.05, 0.1) is 41.4 Å². The summed E-state index contributed by atoms with van der Waals surface area (Å²) in [6.07, 6.45) is 11.3. The summed E-state index contributed by atoms with van der Waals surface area (Å²) in [5.74, 6) is 0.324. The maximum Gasteiger partial charge on any atom is 0.312 e. The lowest BCUT2D eigenvalue weighted by atomic mass is 9.59. The number of aromatic amines is 1. The van der Waals surface area contributed by atoms with Gasteiger partial charge in [-0.1, -0.05) is 50.2 Å². The number of H-pyrrole nitrogens is 1. The number of fused-ring (bicyclic) bond motifs is 1. The van der Waals surface area contributed by atoms with Crippen LogP contribution in [0.4, 0.5) is 21.6 Å². The molecule has 0 radical (unpaired) electrons. The molecule has 436 valence electrons. The van der Waals surface area contributed by atoms with Crippen molar-refractivity contribution in [3.8, 4) is 23.1 Å². The molecular weight excluding hydrogens is 1070 g/mol. The summed E-state index contributed by atoms with van der Waals surface area (Å²) in [6.45, 7) is 15.2. The summed E-state index contributed by atoms with van der Waals surface area (Å²) in [6, 6.07) is 24.0. The first-order valence-electron chi connectivity index (χ1n) is 29.1. The Bertz CT molecular complexity index is 3450. The zero-order valence-corrected chi connectivity index (χ0v) is 48.6. The second kappa shape index (κ2) is 23.1. The first-order chi connectivity index (χ1) is 39.3.